The molecule has 0 aliphatic heterocycles. The average Bonchev–Trinajstić information content (AvgIpc) is 2.87. The summed E-state index contributed by atoms with van der Waals surface area (Å²) >= 11 is 0. The Bertz CT molecular complexity index is 1370. The predicted octanol–water partition coefficient (Wildman–Crippen LogP) is 4.97. The van der Waals surface area contributed by atoms with E-state index in [0.717, 1.165) is 15.4 Å². The molecule has 0 saturated heterocycles. The van der Waals surface area contributed by atoms with Crippen molar-refractivity contribution in [3.8, 4) is 0 Å². The number of sulfonamides is 1. The molecule has 3 aromatic carbocycles. The third-order valence-electron chi connectivity index (χ3n) is 6.19. The Hall–Kier alpha value is -3.72. The van der Waals surface area contributed by atoms with Crippen LogP contribution in [0.25, 0.3) is 0 Å². The summed E-state index contributed by atoms with van der Waals surface area (Å²) < 4.78 is 42.4. The van der Waals surface area contributed by atoms with Crippen LogP contribution >= 0.6 is 0 Å². The van der Waals surface area contributed by atoms with Crippen LogP contribution in [-0.4, -0.2) is 43.8 Å². The van der Waals surface area contributed by atoms with E-state index >= 15 is 0 Å². The molecule has 1 N–H and O–H groups in total. The number of amides is 2. The molecule has 1 atom stereocenters. The molecule has 2 amide bonds. The lowest BCUT2D eigenvalue weighted by atomic mass is 10.1. The van der Waals surface area contributed by atoms with Crippen LogP contribution in [0, 0.1) is 19.7 Å². The summed E-state index contributed by atoms with van der Waals surface area (Å²) in [5.74, 6) is -1.31. The van der Waals surface area contributed by atoms with Crippen molar-refractivity contribution in [1.82, 2.24) is 10.2 Å². The first-order valence-corrected chi connectivity index (χ1v) is 14.4. The molecule has 3 rings (SSSR count). The standard InChI is InChI=1S/C30H36FN3O4S/c1-6-28(30(36)32-21(2)3)33(19-24-12-14-25(31)15-13-24)29(35)20-34(26-17-22(4)16-23(5)18-26)39(37,38)27-10-8-7-9-11-27/h7-18,21,28H,6,19-20H2,1-5H3,(H,32,36)/t28-/m1/s1. The van der Waals surface area contributed by atoms with E-state index in [0.29, 0.717) is 17.7 Å². The van der Waals surface area contributed by atoms with Gasteiger partial charge in [-0.25, -0.2) is 12.8 Å². The molecule has 0 bridgehead atoms. The van der Waals surface area contributed by atoms with Gasteiger partial charge in [-0.2, -0.15) is 0 Å². The van der Waals surface area contributed by atoms with Gasteiger partial charge in [-0.15, -0.1) is 0 Å². The monoisotopic (exact) mass is 553 g/mol. The topological polar surface area (TPSA) is 86.8 Å². The van der Waals surface area contributed by atoms with Crippen LogP contribution in [0.5, 0.6) is 0 Å². The zero-order valence-electron chi connectivity index (χ0n) is 23.0. The van der Waals surface area contributed by atoms with Gasteiger partial charge in [0.05, 0.1) is 10.6 Å². The lowest BCUT2D eigenvalue weighted by molar-refractivity contribution is -0.140. The number of carbonyl (C=O) groups is 2. The van der Waals surface area contributed by atoms with Crippen LogP contribution in [-0.2, 0) is 26.2 Å². The van der Waals surface area contributed by atoms with Gasteiger partial charge >= 0.3 is 0 Å². The maximum absolute atomic E-state index is 14.0. The minimum atomic E-state index is -4.13. The van der Waals surface area contributed by atoms with E-state index in [1.807, 2.05) is 33.8 Å². The Morgan fingerprint density at radius 2 is 1.51 bits per heavy atom. The van der Waals surface area contributed by atoms with Crippen molar-refractivity contribution < 1.29 is 22.4 Å². The second kappa shape index (κ2) is 12.9. The van der Waals surface area contributed by atoms with Crippen LogP contribution in [0.15, 0.2) is 77.7 Å². The zero-order valence-corrected chi connectivity index (χ0v) is 23.8. The first-order valence-electron chi connectivity index (χ1n) is 12.9. The Labute approximate surface area is 230 Å². The van der Waals surface area contributed by atoms with Gasteiger partial charge in [-0.3, -0.25) is 13.9 Å². The molecule has 0 radical (unpaired) electrons. The van der Waals surface area contributed by atoms with Crippen molar-refractivity contribution in [3.05, 3.63) is 95.3 Å². The van der Waals surface area contributed by atoms with E-state index < -0.39 is 34.3 Å². The fourth-order valence-corrected chi connectivity index (χ4v) is 5.85. The minimum absolute atomic E-state index is 0.00913. The molecular weight excluding hydrogens is 517 g/mol. The van der Waals surface area contributed by atoms with Gasteiger partial charge in [-0.1, -0.05) is 43.3 Å². The van der Waals surface area contributed by atoms with E-state index in [4.69, 9.17) is 0 Å². The molecule has 7 nitrogen and oxygen atoms in total. The molecule has 39 heavy (non-hydrogen) atoms. The Morgan fingerprint density at radius 1 is 0.923 bits per heavy atom. The normalized spacial score (nSPS) is 12.2. The molecule has 0 aromatic heterocycles. The van der Waals surface area contributed by atoms with Gasteiger partial charge in [0.1, 0.15) is 18.4 Å². The lowest BCUT2D eigenvalue weighted by Crippen LogP contribution is -2.53. The maximum atomic E-state index is 14.0. The minimum Gasteiger partial charge on any atom is -0.352 e. The number of aryl methyl sites for hydroxylation is 2. The summed E-state index contributed by atoms with van der Waals surface area (Å²) in [5.41, 5.74) is 2.66. The lowest BCUT2D eigenvalue weighted by Gasteiger charge is -2.33. The number of halogens is 1. The molecule has 9 heteroatoms. The van der Waals surface area contributed by atoms with Crippen molar-refractivity contribution in [2.24, 2.45) is 0 Å². The second-order valence-electron chi connectivity index (χ2n) is 9.91. The summed E-state index contributed by atoms with van der Waals surface area (Å²) in [6.45, 7) is 8.64. The SMILES string of the molecule is CC[C@H](C(=O)NC(C)C)N(Cc1ccc(F)cc1)C(=O)CN(c1cc(C)cc(C)c1)S(=O)(=O)c1ccccc1. The number of rotatable bonds is 11. The number of nitrogens with one attached hydrogen (secondary N) is 1. The highest BCUT2D eigenvalue weighted by atomic mass is 32.2. The van der Waals surface area contributed by atoms with Crippen molar-refractivity contribution in [2.45, 2.75) is 64.6 Å². The molecule has 3 aromatic rings. The van der Waals surface area contributed by atoms with Crippen LogP contribution in [0.1, 0.15) is 43.9 Å². The van der Waals surface area contributed by atoms with E-state index in [1.165, 1.54) is 29.2 Å². The summed E-state index contributed by atoms with van der Waals surface area (Å²) in [4.78, 5) is 28.6. The smallest absolute Gasteiger partial charge is 0.264 e. The Morgan fingerprint density at radius 3 is 2.05 bits per heavy atom. The fraction of sp³-hybridized carbons (Fsp3) is 0.333. The summed E-state index contributed by atoms with van der Waals surface area (Å²) in [6.07, 6.45) is 0.306. The van der Waals surface area contributed by atoms with E-state index in [1.54, 1.807) is 49.4 Å². The third kappa shape index (κ3) is 7.66. The number of hydrogen-bond donors (Lipinski definition) is 1. The molecule has 0 spiro atoms. The van der Waals surface area contributed by atoms with Gasteiger partial charge in [0, 0.05) is 12.6 Å². The van der Waals surface area contributed by atoms with Crippen molar-refractivity contribution >= 4 is 27.5 Å². The first kappa shape index (κ1) is 29.8. The van der Waals surface area contributed by atoms with Gasteiger partial charge in [0.25, 0.3) is 10.0 Å². The van der Waals surface area contributed by atoms with Crippen LogP contribution in [0.2, 0.25) is 0 Å². The third-order valence-corrected chi connectivity index (χ3v) is 7.98. The van der Waals surface area contributed by atoms with Gasteiger partial charge in [0.15, 0.2) is 0 Å². The van der Waals surface area contributed by atoms with Crippen molar-refractivity contribution in [3.63, 3.8) is 0 Å². The molecule has 0 aliphatic carbocycles. The predicted molar refractivity (Wildman–Crippen MR) is 151 cm³/mol. The molecule has 0 aliphatic rings. The van der Waals surface area contributed by atoms with Crippen molar-refractivity contribution in [1.29, 1.82) is 0 Å². The second-order valence-corrected chi connectivity index (χ2v) is 11.8. The highest BCUT2D eigenvalue weighted by Gasteiger charge is 2.34. The molecular formula is C30H36FN3O4S. The molecule has 0 saturated carbocycles. The fourth-order valence-electron chi connectivity index (χ4n) is 4.43. The Balaban J connectivity index is 2.08. The van der Waals surface area contributed by atoms with E-state index in [-0.39, 0.29) is 23.4 Å². The van der Waals surface area contributed by atoms with Gasteiger partial charge in [-0.05, 0) is 87.2 Å². The number of carbonyl (C=O) groups excluding carboxylic acids is 2. The quantitative estimate of drug-likeness (QED) is 0.363. The molecule has 0 fully saturated rings. The zero-order chi connectivity index (χ0) is 28.7. The van der Waals surface area contributed by atoms with Gasteiger partial charge < -0.3 is 10.2 Å². The van der Waals surface area contributed by atoms with E-state index in [9.17, 15) is 22.4 Å². The van der Waals surface area contributed by atoms with Crippen LogP contribution < -0.4 is 9.62 Å². The summed E-state index contributed by atoms with van der Waals surface area (Å²) in [5, 5.41) is 2.86. The highest BCUT2D eigenvalue weighted by Crippen LogP contribution is 2.27. The number of nitrogens with zero attached hydrogens (tertiary/aromatic N) is 2. The summed E-state index contributed by atoms with van der Waals surface area (Å²) in [7, 11) is -4.13. The van der Waals surface area contributed by atoms with Crippen molar-refractivity contribution in [2.75, 3.05) is 10.8 Å². The van der Waals surface area contributed by atoms with Crippen LogP contribution in [0.3, 0.4) is 0 Å². The average molecular weight is 554 g/mol. The first-order chi connectivity index (χ1) is 18.4. The number of hydrogen-bond acceptors (Lipinski definition) is 4. The van der Waals surface area contributed by atoms with Crippen LogP contribution in [0.4, 0.5) is 10.1 Å². The molecule has 0 heterocycles. The Kier molecular flexibility index (Phi) is 9.86. The van der Waals surface area contributed by atoms with E-state index in [2.05, 4.69) is 5.32 Å². The number of anilines is 1. The highest BCUT2D eigenvalue weighted by molar-refractivity contribution is 7.92. The largest absolute Gasteiger partial charge is 0.352 e. The van der Waals surface area contributed by atoms with Gasteiger partial charge in [0.2, 0.25) is 11.8 Å². The molecule has 208 valence electrons. The maximum Gasteiger partial charge on any atom is 0.264 e. The summed E-state index contributed by atoms with van der Waals surface area (Å²) in [6, 6.07) is 17.9. The molecule has 0 unspecified atom stereocenters. The number of benzene rings is 3.